The molecule has 1 aliphatic rings. The van der Waals surface area contributed by atoms with Gasteiger partial charge < -0.3 is 10.2 Å². The number of likely N-dealkylation sites (tertiary alicyclic amines) is 1. The number of nitrogens with one attached hydrogen (secondary N) is 2. The van der Waals surface area contributed by atoms with Crippen molar-refractivity contribution in [2.75, 3.05) is 19.6 Å². The maximum atomic E-state index is 12.7. The van der Waals surface area contributed by atoms with Gasteiger partial charge in [0, 0.05) is 18.7 Å². The van der Waals surface area contributed by atoms with Crippen molar-refractivity contribution >= 4 is 5.91 Å². The predicted molar refractivity (Wildman–Crippen MR) is 108 cm³/mol. The molecule has 3 rings (SSSR count). The zero-order chi connectivity index (χ0) is 19.2. The van der Waals surface area contributed by atoms with Gasteiger partial charge in [-0.2, -0.15) is 5.10 Å². The van der Waals surface area contributed by atoms with Gasteiger partial charge in [-0.25, -0.2) is 0 Å². The molecule has 1 fully saturated rings. The molecule has 5 nitrogen and oxygen atoms in total. The lowest BCUT2D eigenvalue weighted by Gasteiger charge is -2.30. The molecule has 0 aliphatic carbocycles. The normalized spacial score (nSPS) is 19.8. The van der Waals surface area contributed by atoms with Gasteiger partial charge in [0.25, 0.3) is 5.91 Å². The first kappa shape index (κ1) is 19.6. The van der Waals surface area contributed by atoms with Gasteiger partial charge in [0.05, 0.1) is 36.9 Å². The Balaban J connectivity index is 1.53. The number of rotatable bonds is 7. The monoisotopic (exact) mass is 369 g/mol. The van der Waals surface area contributed by atoms with Crippen LogP contribution in [0.25, 0.3) is 0 Å². The zero-order valence-electron chi connectivity index (χ0n) is 16.9. The van der Waals surface area contributed by atoms with Crippen LogP contribution in [0.3, 0.4) is 0 Å². The molecule has 2 heterocycles. The first-order valence-corrected chi connectivity index (χ1v) is 10.3. The minimum absolute atomic E-state index is 0.00556. The number of aryl methyl sites for hydroxylation is 1. The summed E-state index contributed by atoms with van der Waals surface area (Å²) in [6.07, 6.45) is 5.07. The number of quaternary nitrogens is 1. The molecular weight excluding hydrogens is 336 g/mol. The molecule has 0 spiro atoms. The minimum Gasteiger partial charge on any atom is -0.352 e. The molecule has 2 N–H and O–H groups in total. The Kier molecular flexibility index (Phi) is 6.67. The van der Waals surface area contributed by atoms with E-state index in [1.807, 2.05) is 36.7 Å². The predicted octanol–water partition coefficient (Wildman–Crippen LogP) is 2.13. The van der Waals surface area contributed by atoms with E-state index in [2.05, 4.69) is 29.5 Å². The fourth-order valence-electron chi connectivity index (χ4n) is 4.17. The second-order valence-electron chi connectivity index (χ2n) is 7.85. The number of nitrogens with zero attached hydrogens (tertiary/aromatic N) is 2. The topological polar surface area (TPSA) is 51.4 Å². The zero-order valence-corrected chi connectivity index (χ0v) is 16.9. The van der Waals surface area contributed by atoms with E-state index in [9.17, 15) is 4.79 Å². The summed E-state index contributed by atoms with van der Waals surface area (Å²) in [5.74, 6) is 0.00556. The summed E-state index contributed by atoms with van der Waals surface area (Å²) in [6.45, 7) is 10.1. The molecule has 146 valence electrons. The molecular formula is C22H33N4O+. The molecule has 1 aromatic carbocycles. The lowest BCUT2D eigenvalue weighted by atomic mass is 10.0. The third-order valence-corrected chi connectivity index (χ3v) is 5.83. The maximum absolute atomic E-state index is 12.7. The molecule has 0 saturated carbocycles. The lowest BCUT2D eigenvalue weighted by Crippen LogP contribution is -3.16. The number of piperidine rings is 1. The summed E-state index contributed by atoms with van der Waals surface area (Å²) in [6, 6.07) is 11.0. The van der Waals surface area contributed by atoms with Crippen molar-refractivity contribution in [1.82, 2.24) is 15.1 Å². The molecule has 1 amide bonds. The first-order valence-electron chi connectivity index (χ1n) is 10.3. The molecule has 0 bridgehead atoms. The second-order valence-corrected chi connectivity index (χ2v) is 7.85. The van der Waals surface area contributed by atoms with Gasteiger partial charge in [-0.15, -0.1) is 0 Å². The highest BCUT2D eigenvalue weighted by Gasteiger charge is 2.22. The van der Waals surface area contributed by atoms with Crippen LogP contribution in [0.15, 0.2) is 30.3 Å². The number of aromatic nitrogens is 2. The fraction of sp³-hybridized carbons (Fsp3) is 0.545. The third kappa shape index (κ3) is 4.98. The quantitative estimate of drug-likeness (QED) is 0.735. The van der Waals surface area contributed by atoms with Gasteiger partial charge in [-0.05, 0) is 45.6 Å². The van der Waals surface area contributed by atoms with Crippen molar-refractivity contribution < 1.29 is 9.69 Å². The standard InChI is InChI=1S/C22H32N4O/c1-17-10-7-8-14-25(17)15-9-13-23-22(27)21-18(2)24-26(19(21)3)16-20-11-5-4-6-12-20/h4-6,11-12,17H,7-10,13-16H2,1-3H3,(H,23,27)/p+1/t17-/m0/s1. The molecule has 0 radical (unpaired) electrons. The van der Waals surface area contributed by atoms with E-state index in [0.29, 0.717) is 6.54 Å². The van der Waals surface area contributed by atoms with Crippen LogP contribution in [-0.4, -0.2) is 41.4 Å². The smallest absolute Gasteiger partial charge is 0.255 e. The van der Waals surface area contributed by atoms with Gasteiger partial charge in [-0.1, -0.05) is 30.3 Å². The van der Waals surface area contributed by atoms with Crippen molar-refractivity contribution in [2.45, 2.75) is 59.0 Å². The molecule has 1 saturated heterocycles. The Labute approximate surface area is 162 Å². The summed E-state index contributed by atoms with van der Waals surface area (Å²) < 4.78 is 1.93. The summed E-state index contributed by atoms with van der Waals surface area (Å²) in [7, 11) is 0. The van der Waals surface area contributed by atoms with Gasteiger partial charge in [-0.3, -0.25) is 9.48 Å². The molecule has 27 heavy (non-hydrogen) atoms. The highest BCUT2D eigenvalue weighted by atomic mass is 16.1. The van der Waals surface area contributed by atoms with Crippen molar-refractivity contribution in [3.05, 3.63) is 52.8 Å². The highest BCUT2D eigenvalue weighted by molar-refractivity contribution is 5.96. The number of carbonyl (C=O) groups excluding carboxylic acids is 1. The summed E-state index contributed by atoms with van der Waals surface area (Å²) in [5, 5.41) is 7.70. The van der Waals surface area contributed by atoms with Gasteiger partial charge >= 0.3 is 0 Å². The first-order chi connectivity index (χ1) is 13.1. The number of hydrogen-bond donors (Lipinski definition) is 2. The van der Waals surface area contributed by atoms with E-state index in [0.717, 1.165) is 42.5 Å². The lowest BCUT2D eigenvalue weighted by molar-refractivity contribution is -0.928. The van der Waals surface area contributed by atoms with E-state index in [-0.39, 0.29) is 5.91 Å². The number of amides is 1. The van der Waals surface area contributed by atoms with Crippen LogP contribution in [0.2, 0.25) is 0 Å². The van der Waals surface area contributed by atoms with Crippen molar-refractivity contribution in [1.29, 1.82) is 0 Å². The highest BCUT2D eigenvalue weighted by Crippen LogP contribution is 2.14. The largest absolute Gasteiger partial charge is 0.352 e. The summed E-state index contributed by atoms with van der Waals surface area (Å²) >= 11 is 0. The van der Waals surface area contributed by atoms with Crippen LogP contribution in [-0.2, 0) is 6.54 Å². The molecule has 1 unspecified atom stereocenters. The second kappa shape index (κ2) is 9.18. The minimum atomic E-state index is 0.00556. The molecule has 2 atom stereocenters. The van der Waals surface area contributed by atoms with Gasteiger partial charge in [0.1, 0.15) is 0 Å². The number of carbonyl (C=O) groups is 1. The van der Waals surface area contributed by atoms with Crippen LogP contribution >= 0.6 is 0 Å². The summed E-state index contributed by atoms with van der Waals surface area (Å²) in [5.41, 5.74) is 3.65. The van der Waals surface area contributed by atoms with Gasteiger partial charge in [0.15, 0.2) is 0 Å². The SMILES string of the molecule is Cc1nn(Cc2ccccc2)c(C)c1C(=O)NCCC[NH+]1CCCC[C@@H]1C. The number of benzene rings is 1. The number of hydrogen-bond acceptors (Lipinski definition) is 2. The van der Waals surface area contributed by atoms with Crippen LogP contribution in [0.4, 0.5) is 0 Å². The van der Waals surface area contributed by atoms with E-state index < -0.39 is 0 Å². The molecule has 5 heteroatoms. The fourth-order valence-corrected chi connectivity index (χ4v) is 4.17. The Morgan fingerprint density at radius 2 is 2.04 bits per heavy atom. The molecule has 1 aromatic heterocycles. The van der Waals surface area contributed by atoms with Crippen molar-refractivity contribution in [3.8, 4) is 0 Å². The Morgan fingerprint density at radius 1 is 1.26 bits per heavy atom. The van der Waals surface area contributed by atoms with Crippen molar-refractivity contribution in [3.63, 3.8) is 0 Å². The maximum Gasteiger partial charge on any atom is 0.255 e. The Hall–Kier alpha value is -2.14. The van der Waals surface area contributed by atoms with E-state index in [4.69, 9.17) is 0 Å². The summed E-state index contributed by atoms with van der Waals surface area (Å²) in [4.78, 5) is 14.4. The van der Waals surface area contributed by atoms with E-state index >= 15 is 0 Å². The van der Waals surface area contributed by atoms with E-state index in [1.54, 1.807) is 4.90 Å². The Morgan fingerprint density at radius 3 is 2.78 bits per heavy atom. The van der Waals surface area contributed by atoms with Crippen LogP contribution in [0.5, 0.6) is 0 Å². The van der Waals surface area contributed by atoms with Crippen LogP contribution in [0.1, 0.15) is 59.9 Å². The van der Waals surface area contributed by atoms with Crippen LogP contribution in [0, 0.1) is 13.8 Å². The van der Waals surface area contributed by atoms with E-state index in [1.165, 1.54) is 31.4 Å². The Bertz CT molecular complexity index is 753. The molecule has 2 aromatic rings. The van der Waals surface area contributed by atoms with Gasteiger partial charge in [0.2, 0.25) is 0 Å². The third-order valence-electron chi connectivity index (χ3n) is 5.83. The van der Waals surface area contributed by atoms with Crippen molar-refractivity contribution in [2.24, 2.45) is 0 Å². The van der Waals surface area contributed by atoms with Crippen LogP contribution < -0.4 is 10.2 Å². The average molecular weight is 370 g/mol. The molecule has 1 aliphatic heterocycles. The average Bonchev–Trinajstić information content (AvgIpc) is 2.94.